The minimum Gasteiger partial charge on any atom is -0.548 e. The second-order valence-electron chi connectivity index (χ2n) is 6.31. The molecule has 1 rings (SSSR count). The maximum atomic E-state index is 9.73. The van der Waals surface area contributed by atoms with Crippen molar-refractivity contribution in [2.45, 2.75) is 70.2 Å². The predicted octanol–water partition coefficient (Wildman–Crippen LogP) is -1.83. The number of aliphatic hydroxyl groups is 4. The Balaban J connectivity index is 0.000000684. The van der Waals surface area contributed by atoms with E-state index in [-0.39, 0.29) is 13.2 Å². The molecule has 168 valence electrons. The Morgan fingerprint density at radius 3 is 2.07 bits per heavy atom. The van der Waals surface area contributed by atoms with Gasteiger partial charge in [0, 0.05) is 13.2 Å². The third-order valence-corrected chi connectivity index (χ3v) is 3.86. The third-order valence-electron chi connectivity index (χ3n) is 3.86. The van der Waals surface area contributed by atoms with Crippen molar-refractivity contribution in [3.8, 4) is 0 Å². The molecule has 5 unspecified atom stereocenters. The van der Waals surface area contributed by atoms with Crippen molar-refractivity contribution in [1.82, 2.24) is 0 Å². The van der Waals surface area contributed by atoms with Crippen molar-refractivity contribution in [2.75, 3.05) is 39.6 Å². The summed E-state index contributed by atoms with van der Waals surface area (Å²) < 4.78 is 20.4. The molecule has 1 aliphatic rings. The zero-order valence-corrected chi connectivity index (χ0v) is 16.7. The molecular formula is C18H35O10-. The molecule has 5 atom stereocenters. The molecule has 0 amide bonds. The molecule has 0 saturated carbocycles. The van der Waals surface area contributed by atoms with E-state index in [9.17, 15) is 25.2 Å². The summed E-state index contributed by atoms with van der Waals surface area (Å²) in [6.07, 6.45) is -2.19. The molecule has 0 aromatic rings. The van der Waals surface area contributed by atoms with Gasteiger partial charge in [-0.05, 0) is 12.8 Å². The minimum absolute atomic E-state index is 0.201. The molecule has 1 fully saturated rings. The lowest BCUT2D eigenvalue weighted by Gasteiger charge is -2.39. The van der Waals surface area contributed by atoms with E-state index < -0.39 is 43.3 Å². The van der Waals surface area contributed by atoms with E-state index in [2.05, 4.69) is 11.7 Å². The molecule has 0 bridgehead atoms. The van der Waals surface area contributed by atoms with Gasteiger partial charge in [-0.25, -0.2) is 0 Å². The fraction of sp³-hybridized carbons (Fsp3) is 0.944. The second kappa shape index (κ2) is 17.0. The Morgan fingerprint density at radius 2 is 1.54 bits per heavy atom. The Kier molecular flexibility index (Phi) is 16.5. The zero-order chi connectivity index (χ0) is 21.4. The molecule has 0 aliphatic carbocycles. The average Bonchev–Trinajstić information content (AvgIpc) is 2.68. The highest BCUT2D eigenvalue weighted by Gasteiger charge is 2.43. The van der Waals surface area contributed by atoms with Crippen molar-refractivity contribution in [1.29, 1.82) is 0 Å². The van der Waals surface area contributed by atoms with Crippen LogP contribution in [0.4, 0.5) is 0 Å². The monoisotopic (exact) mass is 411 g/mol. The molecule has 10 heteroatoms. The molecule has 4 N–H and O–H groups in total. The van der Waals surface area contributed by atoms with Crippen LogP contribution in [-0.4, -0.2) is 96.7 Å². The van der Waals surface area contributed by atoms with Crippen LogP contribution in [0.15, 0.2) is 0 Å². The smallest absolute Gasteiger partial charge is 0.186 e. The van der Waals surface area contributed by atoms with Crippen LogP contribution in [0.25, 0.3) is 0 Å². The van der Waals surface area contributed by atoms with Gasteiger partial charge in [0.15, 0.2) is 6.29 Å². The van der Waals surface area contributed by atoms with Crippen LogP contribution in [0.5, 0.6) is 0 Å². The highest BCUT2D eigenvalue weighted by Crippen LogP contribution is 2.21. The van der Waals surface area contributed by atoms with Gasteiger partial charge >= 0.3 is 0 Å². The number of carboxylic acids is 1. The molecular weight excluding hydrogens is 376 g/mol. The van der Waals surface area contributed by atoms with Crippen molar-refractivity contribution in [3.63, 3.8) is 0 Å². The molecule has 0 aromatic heterocycles. The second-order valence-corrected chi connectivity index (χ2v) is 6.31. The largest absolute Gasteiger partial charge is 0.548 e. The summed E-state index contributed by atoms with van der Waals surface area (Å²) in [4.78, 5) is 9.73. The van der Waals surface area contributed by atoms with E-state index in [0.29, 0.717) is 19.8 Å². The van der Waals surface area contributed by atoms with Crippen LogP contribution in [0.1, 0.15) is 39.5 Å². The van der Waals surface area contributed by atoms with Gasteiger partial charge < -0.3 is 49.3 Å². The summed E-state index contributed by atoms with van der Waals surface area (Å²) in [6.45, 7) is 5.06. The zero-order valence-electron chi connectivity index (χ0n) is 16.7. The molecule has 1 saturated heterocycles. The number of carboxylic acid groups (broad SMARTS) is 1. The SMILES string of the molecule is CCCCOCC(=O)[O-].CCCCOCCOC1OC(CO)C(O)C(O)C1O. The first-order valence-electron chi connectivity index (χ1n) is 9.66. The number of carbonyl (C=O) groups excluding carboxylic acids is 1. The standard InChI is InChI=1S/C12H24O7.C6H12O3/c1-2-3-4-17-5-6-18-12-11(16)10(15)9(14)8(7-13)19-12;1-2-3-4-9-5-6(7)8/h8-16H,2-7H2,1H3;2-5H2,1H3,(H,7,8)/p-1. The van der Waals surface area contributed by atoms with E-state index >= 15 is 0 Å². The molecule has 10 nitrogen and oxygen atoms in total. The summed E-state index contributed by atoms with van der Waals surface area (Å²) in [5.41, 5.74) is 0. The molecule has 28 heavy (non-hydrogen) atoms. The number of hydrogen-bond donors (Lipinski definition) is 4. The van der Waals surface area contributed by atoms with Crippen LogP contribution < -0.4 is 5.11 Å². The first-order chi connectivity index (χ1) is 13.4. The first kappa shape index (κ1) is 27.1. The Labute approximate surface area is 166 Å². The maximum absolute atomic E-state index is 9.73. The Bertz CT molecular complexity index is 379. The fourth-order valence-corrected chi connectivity index (χ4v) is 2.18. The van der Waals surface area contributed by atoms with Gasteiger partial charge in [-0.1, -0.05) is 26.7 Å². The number of hydrogen-bond acceptors (Lipinski definition) is 10. The Hall–Kier alpha value is -0.850. The highest BCUT2D eigenvalue weighted by molar-refractivity contribution is 5.65. The number of unbranched alkanes of at least 4 members (excludes halogenated alkanes) is 2. The number of carbonyl (C=O) groups is 1. The lowest BCUT2D eigenvalue weighted by atomic mass is 9.99. The van der Waals surface area contributed by atoms with Crippen molar-refractivity contribution in [3.05, 3.63) is 0 Å². The van der Waals surface area contributed by atoms with E-state index in [1.807, 2.05) is 6.92 Å². The van der Waals surface area contributed by atoms with Crippen LogP contribution in [0.2, 0.25) is 0 Å². The summed E-state index contributed by atoms with van der Waals surface area (Å²) in [5, 5.41) is 47.5. The van der Waals surface area contributed by atoms with Crippen LogP contribution in [-0.2, 0) is 23.7 Å². The molecule has 0 aromatic carbocycles. The number of aliphatic hydroxyl groups excluding tert-OH is 4. The van der Waals surface area contributed by atoms with Crippen LogP contribution >= 0.6 is 0 Å². The normalized spacial score (nSPS) is 27.1. The van der Waals surface area contributed by atoms with Crippen molar-refractivity contribution < 1.29 is 49.3 Å². The lowest BCUT2D eigenvalue weighted by molar-refractivity contribution is -0.309. The van der Waals surface area contributed by atoms with Crippen molar-refractivity contribution in [2.24, 2.45) is 0 Å². The van der Waals surface area contributed by atoms with Crippen LogP contribution in [0.3, 0.4) is 0 Å². The van der Waals surface area contributed by atoms with Gasteiger partial charge in [0.1, 0.15) is 24.4 Å². The summed E-state index contributed by atoms with van der Waals surface area (Å²) in [6, 6.07) is 0. The molecule has 1 heterocycles. The summed E-state index contributed by atoms with van der Waals surface area (Å²) in [5.74, 6) is -1.15. The van der Waals surface area contributed by atoms with E-state index in [0.717, 1.165) is 25.7 Å². The van der Waals surface area contributed by atoms with Gasteiger partial charge in [0.25, 0.3) is 0 Å². The van der Waals surface area contributed by atoms with E-state index in [1.54, 1.807) is 0 Å². The first-order valence-corrected chi connectivity index (χ1v) is 9.66. The van der Waals surface area contributed by atoms with Crippen molar-refractivity contribution >= 4 is 5.97 Å². The fourth-order valence-electron chi connectivity index (χ4n) is 2.18. The summed E-state index contributed by atoms with van der Waals surface area (Å²) in [7, 11) is 0. The number of rotatable bonds is 13. The van der Waals surface area contributed by atoms with Gasteiger partial charge in [0.2, 0.25) is 0 Å². The number of aliphatic carboxylic acids is 1. The van der Waals surface area contributed by atoms with Gasteiger partial charge in [-0.3, -0.25) is 0 Å². The quantitative estimate of drug-likeness (QED) is 0.254. The maximum Gasteiger partial charge on any atom is 0.186 e. The lowest BCUT2D eigenvalue weighted by Crippen LogP contribution is -2.59. The molecule has 1 aliphatic heterocycles. The van der Waals surface area contributed by atoms with Gasteiger partial charge in [-0.2, -0.15) is 0 Å². The predicted molar refractivity (Wildman–Crippen MR) is 96.2 cm³/mol. The molecule has 0 radical (unpaired) electrons. The van der Waals surface area contributed by atoms with Gasteiger partial charge in [-0.15, -0.1) is 0 Å². The topological polar surface area (TPSA) is 158 Å². The minimum atomic E-state index is -1.41. The van der Waals surface area contributed by atoms with Gasteiger partial charge in [0.05, 0.1) is 32.4 Å². The third kappa shape index (κ3) is 11.9. The number of ether oxygens (including phenoxy) is 4. The van der Waals surface area contributed by atoms with E-state index in [1.165, 1.54) is 0 Å². The summed E-state index contributed by atoms with van der Waals surface area (Å²) >= 11 is 0. The van der Waals surface area contributed by atoms with E-state index in [4.69, 9.17) is 19.3 Å². The average molecular weight is 411 g/mol. The Morgan fingerprint density at radius 1 is 0.929 bits per heavy atom. The highest BCUT2D eigenvalue weighted by atomic mass is 16.7. The van der Waals surface area contributed by atoms with Crippen LogP contribution in [0, 0.1) is 0 Å². The molecule has 0 spiro atoms.